The second-order valence-corrected chi connectivity index (χ2v) is 5.56. The minimum atomic E-state index is -0.658. The highest BCUT2D eigenvalue weighted by Crippen LogP contribution is 2.39. The van der Waals surface area contributed by atoms with Crippen molar-refractivity contribution in [2.24, 2.45) is 5.92 Å². The molecular formula is C13H20O4. The fourth-order valence-electron chi connectivity index (χ4n) is 3.01. The summed E-state index contributed by atoms with van der Waals surface area (Å²) in [4.78, 5) is 10.5. The van der Waals surface area contributed by atoms with Crippen LogP contribution in [0.3, 0.4) is 0 Å². The highest BCUT2D eigenvalue weighted by atomic mass is 16.6. The zero-order valence-corrected chi connectivity index (χ0v) is 10.0. The summed E-state index contributed by atoms with van der Waals surface area (Å²) < 4.78 is 10.5. The lowest BCUT2D eigenvalue weighted by Gasteiger charge is -2.12. The molecule has 1 N–H and O–H groups in total. The number of carboxylic acids is 1. The van der Waals surface area contributed by atoms with Gasteiger partial charge in [0.2, 0.25) is 0 Å². The number of hydrogen-bond donors (Lipinski definition) is 1. The Labute approximate surface area is 101 Å². The number of rotatable bonds is 1. The lowest BCUT2D eigenvalue weighted by atomic mass is 9.90. The van der Waals surface area contributed by atoms with Crippen LogP contribution in [-0.4, -0.2) is 35.5 Å². The zero-order valence-electron chi connectivity index (χ0n) is 10.0. The SMILES string of the molecule is C1CCC2OC2C1.O=C(O)C1CCC2OC2C1. The molecule has 0 radical (unpaired) electrons. The van der Waals surface area contributed by atoms with E-state index in [1.54, 1.807) is 0 Å². The second kappa shape index (κ2) is 4.58. The molecule has 0 aromatic heterocycles. The standard InChI is InChI=1S/C7H10O3.C6H10O/c8-7(9)4-1-2-5-6(3-4)10-5;1-2-4-6-5(3-1)7-6/h4-6H,1-3H2,(H,8,9);5-6H,1-4H2. The molecule has 17 heavy (non-hydrogen) atoms. The van der Waals surface area contributed by atoms with Gasteiger partial charge in [-0.1, -0.05) is 12.8 Å². The van der Waals surface area contributed by atoms with Crippen molar-refractivity contribution in [3.63, 3.8) is 0 Å². The minimum absolute atomic E-state index is 0.135. The van der Waals surface area contributed by atoms with Crippen LogP contribution in [0, 0.1) is 5.92 Å². The first-order valence-corrected chi connectivity index (χ1v) is 6.78. The molecule has 4 rings (SSSR count). The van der Waals surface area contributed by atoms with Crippen LogP contribution >= 0.6 is 0 Å². The smallest absolute Gasteiger partial charge is 0.306 e. The molecule has 4 fully saturated rings. The van der Waals surface area contributed by atoms with Crippen molar-refractivity contribution in [1.29, 1.82) is 0 Å². The second-order valence-electron chi connectivity index (χ2n) is 5.56. The van der Waals surface area contributed by atoms with E-state index < -0.39 is 5.97 Å². The lowest BCUT2D eigenvalue weighted by Crippen LogP contribution is -2.21. The Kier molecular flexibility index (Phi) is 3.09. The molecule has 5 unspecified atom stereocenters. The molecule has 2 saturated heterocycles. The van der Waals surface area contributed by atoms with Gasteiger partial charge in [0.1, 0.15) is 0 Å². The Bertz CT molecular complexity index is 294. The maximum atomic E-state index is 10.5. The number of fused-ring (bicyclic) bond motifs is 2. The molecule has 2 heterocycles. The quantitative estimate of drug-likeness (QED) is 0.712. The predicted molar refractivity (Wildman–Crippen MR) is 60.8 cm³/mol. The molecular weight excluding hydrogens is 220 g/mol. The normalized spacial score (nSPS) is 45.8. The Morgan fingerprint density at radius 3 is 2.00 bits per heavy atom. The summed E-state index contributed by atoms with van der Waals surface area (Å²) in [5.41, 5.74) is 0. The molecule has 0 aromatic carbocycles. The van der Waals surface area contributed by atoms with E-state index in [9.17, 15) is 4.79 Å². The number of aliphatic carboxylic acids is 1. The Morgan fingerprint density at radius 1 is 0.882 bits per heavy atom. The van der Waals surface area contributed by atoms with E-state index in [0.29, 0.717) is 18.3 Å². The lowest BCUT2D eigenvalue weighted by molar-refractivity contribution is -0.142. The largest absolute Gasteiger partial charge is 0.481 e. The van der Waals surface area contributed by atoms with Crippen molar-refractivity contribution in [3.05, 3.63) is 0 Å². The van der Waals surface area contributed by atoms with E-state index in [2.05, 4.69) is 0 Å². The van der Waals surface area contributed by atoms with Crippen molar-refractivity contribution < 1.29 is 19.4 Å². The van der Waals surface area contributed by atoms with E-state index in [1.807, 2.05) is 0 Å². The van der Waals surface area contributed by atoms with Gasteiger partial charge in [-0.25, -0.2) is 0 Å². The summed E-state index contributed by atoms with van der Waals surface area (Å²) >= 11 is 0. The van der Waals surface area contributed by atoms with Crippen molar-refractivity contribution in [2.75, 3.05) is 0 Å². The van der Waals surface area contributed by atoms with Crippen LogP contribution in [0.5, 0.6) is 0 Å². The Balaban J connectivity index is 0.000000113. The van der Waals surface area contributed by atoms with Gasteiger partial charge in [0.25, 0.3) is 0 Å². The number of epoxide rings is 2. The molecule has 2 aliphatic heterocycles. The van der Waals surface area contributed by atoms with E-state index >= 15 is 0 Å². The van der Waals surface area contributed by atoms with E-state index in [0.717, 1.165) is 19.3 Å². The van der Waals surface area contributed by atoms with Gasteiger partial charge in [-0.2, -0.15) is 0 Å². The fraction of sp³-hybridized carbons (Fsp3) is 0.923. The molecule has 2 saturated carbocycles. The first kappa shape index (κ1) is 11.5. The molecule has 0 bridgehead atoms. The van der Waals surface area contributed by atoms with Gasteiger partial charge in [0.15, 0.2) is 0 Å². The van der Waals surface area contributed by atoms with E-state index in [1.165, 1.54) is 25.7 Å². The molecule has 0 amide bonds. The monoisotopic (exact) mass is 240 g/mol. The predicted octanol–water partition coefficient (Wildman–Crippen LogP) is 1.97. The van der Waals surface area contributed by atoms with Crippen LogP contribution in [-0.2, 0) is 14.3 Å². The highest BCUT2D eigenvalue weighted by molar-refractivity contribution is 5.70. The van der Waals surface area contributed by atoms with Gasteiger partial charge in [-0.3, -0.25) is 4.79 Å². The Hall–Kier alpha value is -0.610. The van der Waals surface area contributed by atoms with Crippen molar-refractivity contribution in [1.82, 2.24) is 0 Å². The summed E-state index contributed by atoms with van der Waals surface area (Å²) in [7, 11) is 0. The summed E-state index contributed by atoms with van der Waals surface area (Å²) in [5.74, 6) is -0.794. The number of hydrogen-bond acceptors (Lipinski definition) is 3. The third kappa shape index (κ3) is 2.80. The van der Waals surface area contributed by atoms with Crippen molar-refractivity contribution >= 4 is 5.97 Å². The van der Waals surface area contributed by atoms with Gasteiger partial charge in [0.05, 0.1) is 30.3 Å². The highest BCUT2D eigenvalue weighted by Gasteiger charge is 2.45. The first-order valence-electron chi connectivity index (χ1n) is 6.78. The fourth-order valence-corrected chi connectivity index (χ4v) is 3.01. The summed E-state index contributed by atoms with van der Waals surface area (Å²) in [6.45, 7) is 0. The average Bonchev–Trinajstić information content (AvgIpc) is 3.22. The van der Waals surface area contributed by atoms with E-state index in [-0.39, 0.29) is 12.0 Å². The molecule has 96 valence electrons. The minimum Gasteiger partial charge on any atom is -0.481 e. The summed E-state index contributed by atoms with van der Waals surface area (Å²) in [6, 6.07) is 0. The van der Waals surface area contributed by atoms with E-state index in [4.69, 9.17) is 14.6 Å². The number of carboxylic acid groups (broad SMARTS) is 1. The van der Waals surface area contributed by atoms with Crippen molar-refractivity contribution in [2.45, 2.75) is 69.4 Å². The van der Waals surface area contributed by atoms with Gasteiger partial charge in [0, 0.05) is 0 Å². The third-order valence-electron chi connectivity index (χ3n) is 4.27. The maximum absolute atomic E-state index is 10.5. The van der Waals surface area contributed by atoms with Crippen LogP contribution in [0.25, 0.3) is 0 Å². The third-order valence-corrected chi connectivity index (χ3v) is 4.27. The first-order chi connectivity index (χ1) is 8.24. The molecule has 2 aliphatic carbocycles. The van der Waals surface area contributed by atoms with Crippen molar-refractivity contribution in [3.8, 4) is 0 Å². The number of carbonyl (C=O) groups is 1. The number of ether oxygens (including phenoxy) is 2. The molecule has 0 aromatic rings. The van der Waals surface area contributed by atoms with Gasteiger partial charge >= 0.3 is 5.97 Å². The van der Waals surface area contributed by atoms with Gasteiger partial charge in [-0.15, -0.1) is 0 Å². The van der Waals surface area contributed by atoms with Crippen LogP contribution in [0.1, 0.15) is 44.9 Å². The molecule has 4 heteroatoms. The Morgan fingerprint density at radius 2 is 1.47 bits per heavy atom. The van der Waals surface area contributed by atoms with Crippen LogP contribution in [0.4, 0.5) is 0 Å². The van der Waals surface area contributed by atoms with Crippen LogP contribution in [0.2, 0.25) is 0 Å². The van der Waals surface area contributed by atoms with Crippen LogP contribution in [0.15, 0.2) is 0 Å². The molecule has 4 nitrogen and oxygen atoms in total. The molecule has 4 aliphatic rings. The van der Waals surface area contributed by atoms with Crippen LogP contribution < -0.4 is 0 Å². The summed E-state index contributed by atoms with van der Waals surface area (Å²) in [5, 5.41) is 8.62. The zero-order chi connectivity index (χ0) is 11.8. The van der Waals surface area contributed by atoms with Gasteiger partial charge < -0.3 is 14.6 Å². The average molecular weight is 240 g/mol. The molecule has 0 spiro atoms. The topological polar surface area (TPSA) is 62.4 Å². The van der Waals surface area contributed by atoms with Gasteiger partial charge in [-0.05, 0) is 32.1 Å². The molecule has 5 atom stereocenters. The summed E-state index contributed by atoms with van der Waals surface area (Å²) in [6.07, 6.45) is 10.1. The maximum Gasteiger partial charge on any atom is 0.306 e.